The van der Waals surface area contributed by atoms with E-state index >= 15 is 0 Å². The maximum absolute atomic E-state index is 6.16. The number of anilines is 1. The highest BCUT2D eigenvalue weighted by molar-refractivity contribution is 6.30. The second kappa shape index (κ2) is 5.78. The molecule has 0 radical (unpaired) electrons. The largest absolute Gasteiger partial charge is 0.383 e. The number of nitrogens with zero attached hydrogens (tertiary/aromatic N) is 6. The molecule has 0 unspecified atom stereocenters. The van der Waals surface area contributed by atoms with Gasteiger partial charge in [-0.3, -0.25) is 0 Å². The highest BCUT2D eigenvalue weighted by Crippen LogP contribution is 2.26. The number of hydrogen-bond donors (Lipinski definition) is 1. The van der Waals surface area contributed by atoms with Crippen molar-refractivity contribution in [1.82, 2.24) is 29.5 Å². The number of fused-ring (bicyclic) bond motifs is 3. The maximum atomic E-state index is 6.16. The lowest BCUT2D eigenvalue weighted by Gasteiger charge is -2.02. The maximum Gasteiger partial charge on any atom is 0.274 e. The van der Waals surface area contributed by atoms with Gasteiger partial charge in [-0.1, -0.05) is 41.9 Å². The molecule has 0 saturated carbocycles. The van der Waals surface area contributed by atoms with Crippen LogP contribution < -0.4 is 5.73 Å². The topological polar surface area (TPSA) is 87.4 Å². The van der Waals surface area contributed by atoms with Crippen molar-refractivity contribution >= 4 is 39.5 Å². The van der Waals surface area contributed by atoms with Gasteiger partial charge in [0.15, 0.2) is 5.65 Å². The average Bonchev–Trinajstić information content (AvgIpc) is 3.21. The smallest absolute Gasteiger partial charge is 0.274 e. The molecule has 0 saturated heterocycles. The number of aromatic nitrogens is 6. The minimum absolute atomic E-state index is 0.325. The van der Waals surface area contributed by atoms with E-state index in [9.17, 15) is 0 Å². The molecule has 0 fully saturated rings. The van der Waals surface area contributed by atoms with Gasteiger partial charge in [-0.2, -0.15) is 14.8 Å². The Kier molecular flexibility index (Phi) is 3.38. The molecule has 132 valence electrons. The summed E-state index contributed by atoms with van der Waals surface area (Å²) in [7, 11) is 1.95. The molecule has 0 atom stereocenters. The summed E-state index contributed by atoms with van der Waals surface area (Å²) in [4.78, 5) is 4.65. The zero-order chi connectivity index (χ0) is 18.5. The molecule has 0 spiro atoms. The highest BCUT2D eigenvalue weighted by Gasteiger charge is 2.16. The number of nitrogen functional groups attached to an aromatic ring is 1. The first kappa shape index (κ1) is 15.8. The van der Waals surface area contributed by atoms with Gasteiger partial charge < -0.3 is 10.3 Å². The number of halogens is 1. The molecule has 7 nitrogen and oxygen atoms in total. The van der Waals surface area contributed by atoms with Crippen LogP contribution in [0.25, 0.3) is 39.3 Å². The Balaban J connectivity index is 1.66. The van der Waals surface area contributed by atoms with Gasteiger partial charge in [-0.15, -0.1) is 10.2 Å². The normalized spacial score (nSPS) is 11.5. The standard InChI is InChI=1S/C19H14ClN7/c1-26-15-5-3-2-4-13(15)17-18(26)22-19(24-23-17)27-16(21)10-14(25-27)11-6-8-12(20)9-7-11/h2-10H,21H2,1H3. The van der Waals surface area contributed by atoms with E-state index in [1.807, 2.05) is 60.1 Å². The van der Waals surface area contributed by atoms with Crippen LogP contribution in [-0.4, -0.2) is 29.5 Å². The van der Waals surface area contributed by atoms with Gasteiger partial charge in [0, 0.05) is 29.1 Å². The van der Waals surface area contributed by atoms with E-state index < -0.39 is 0 Å². The van der Waals surface area contributed by atoms with Gasteiger partial charge in [0.2, 0.25) is 0 Å². The zero-order valence-corrected chi connectivity index (χ0v) is 15.1. The summed E-state index contributed by atoms with van der Waals surface area (Å²) < 4.78 is 3.48. The Morgan fingerprint density at radius 2 is 1.78 bits per heavy atom. The first-order chi connectivity index (χ1) is 13.1. The summed E-state index contributed by atoms with van der Waals surface area (Å²) in [6.07, 6.45) is 0. The Labute approximate surface area is 159 Å². The van der Waals surface area contributed by atoms with Crippen molar-refractivity contribution in [3.8, 4) is 17.2 Å². The van der Waals surface area contributed by atoms with Crippen LogP contribution in [-0.2, 0) is 7.05 Å². The quantitative estimate of drug-likeness (QED) is 0.509. The van der Waals surface area contributed by atoms with Crippen LogP contribution in [0, 0.1) is 0 Å². The first-order valence-electron chi connectivity index (χ1n) is 8.31. The van der Waals surface area contributed by atoms with Gasteiger partial charge in [0.1, 0.15) is 11.3 Å². The molecule has 0 bridgehead atoms. The van der Waals surface area contributed by atoms with Crippen molar-refractivity contribution in [3.63, 3.8) is 0 Å². The lowest BCUT2D eigenvalue weighted by atomic mass is 10.1. The molecule has 0 aliphatic heterocycles. The van der Waals surface area contributed by atoms with E-state index in [4.69, 9.17) is 17.3 Å². The number of para-hydroxylation sites is 1. The van der Waals surface area contributed by atoms with E-state index in [0.29, 0.717) is 22.5 Å². The number of aryl methyl sites for hydroxylation is 1. The van der Waals surface area contributed by atoms with E-state index in [0.717, 1.165) is 27.6 Å². The molecular weight excluding hydrogens is 362 g/mol. The van der Waals surface area contributed by atoms with Gasteiger partial charge >= 0.3 is 0 Å². The molecule has 0 aliphatic rings. The van der Waals surface area contributed by atoms with Gasteiger partial charge in [0.25, 0.3) is 5.95 Å². The molecule has 5 rings (SSSR count). The molecule has 3 aromatic heterocycles. The summed E-state index contributed by atoms with van der Waals surface area (Å²) in [6, 6.07) is 17.2. The summed E-state index contributed by atoms with van der Waals surface area (Å²) in [5.74, 6) is 0.756. The summed E-state index contributed by atoms with van der Waals surface area (Å²) in [6.45, 7) is 0. The summed E-state index contributed by atoms with van der Waals surface area (Å²) in [5, 5.41) is 14.8. The van der Waals surface area contributed by atoms with Crippen molar-refractivity contribution in [1.29, 1.82) is 0 Å². The van der Waals surface area contributed by atoms with Crippen molar-refractivity contribution in [3.05, 3.63) is 59.6 Å². The van der Waals surface area contributed by atoms with Crippen molar-refractivity contribution in [2.24, 2.45) is 7.05 Å². The van der Waals surface area contributed by atoms with Crippen molar-refractivity contribution in [2.45, 2.75) is 0 Å². The molecule has 0 amide bonds. The van der Waals surface area contributed by atoms with Crippen LogP contribution in [0.1, 0.15) is 0 Å². The lowest BCUT2D eigenvalue weighted by Crippen LogP contribution is -2.08. The Morgan fingerprint density at radius 3 is 2.59 bits per heavy atom. The second-order valence-corrected chi connectivity index (χ2v) is 6.67. The Hall–Kier alpha value is -3.45. The summed E-state index contributed by atoms with van der Waals surface area (Å²) >= 11 is 5.95. The Morgan fingerprint density at radius 1 is 1.00 bits per heavy atom. The zero-order valence-electron chi connectivity index (χ0n) is 14.3. The molecular formula is C19H14ClN7. The molecule has 8 heteroatoms. The van der Waals surface area contributed by atoms with Crippen molar-refractivity contribution < 1.29 is 0 Å². The fourth-order valence-electron chi connectivity index (χ4n) is 3.21. The number of rotatable bonds is 2. The van der Waals surface area contributed by atoms with Gasteiger partial charge in [-0.25, -0.2) is 0 Å². The fourth-order valence-corrected chi connectivity index (χ4v) is 3.33. The number of nitrogens with two attached hydrogens (primary N) is 1. The van der Waals surface area contributed by atoms with Crippen LogP contribution in [0.15, 0.2) is 54.6 Å². The molecule has 2 aromatic carbocycles. The van der Waals surface area contributed by atoms with Crippen LogP contribution in [0.2, 0.25) is 5.02 Å². The predicted molar refractivity (Wildman–Crippen MR) is 106 cm³/mol. The molecule has 0 aliphatic carbocycles. The SMILES string of the molecule is Cn1c2ccccc2c2nnc(-n3nc(-c4ccc(Cl)cc4)cc3N)nc21. The second-order valence-electron chi connectivity index (χ2n) is 6.23. The number of benzene rings is 2. The van der Waals surface area contributed by atoms with Gasteiger partial charge in [-0.05, 0) is 18.2 Å². The third kappa shape index (κ3) is 2.43. The van der Waals surface area contributed by atoms with E-state index in [-0.39, 0.29) is 0 Å². The third-order valence-corrected chi connectivity index (χ3v) is 4.81. The Bertz CT molecular complexity index is 1300. The molecule has 27 heavy (non-hydrogen) atoms. The molecule has 2 N–H and O–H groups in total. The van der Waals surface area contributed by atoms with E-state index in [1.165, 1.54) is 4.68 Å². The van der Waals surface area contributed by atoms with E-state index in [2.05, 4.69) is 20.3 Å². The summed E-state index contributed by atoms with van der Waals surface area (Å²) in [5.41, 5.74) is 10.3. The molecule has 3 heterocycles. The number of hydrogen-bond acceptors (Lipinski definition) is 5. The van der Waals surface area contributed by atoms with E-state index in [1.54, 1.807) is 6.07 Å². The van der Waals surface area contributed by atoms with Crippen LogP contribution in [0.3, 0.4) is 0 Å². The van der Waals surface area contributed by atoms with Crippen LogP contribution in [0.5, 0.6) is 0 Å². The van der Waals surface area contributed by atoms with Crippen LogP contribution in [0.4, 0.5) is 5.82 Å². The minimum Gasteiger partial charge on any atom is -0.383 e. The van der Waals surface area contributed by atoms with Gasteiger partial charge in [0.05, 0.1) is 11.2 Å². The first-order valence-corrected chi connectivity index (χ1v) is 8.69. The minimum atomic E-state index is 0.325. The third-order valence-electron chi connectivity index (χ3n) is 4.56. The van der Waals surface area contributed by atoms with Crippen LogP contribution >= 0.6 is 11.6 Å². The van der Waals surface area contributed by atoms with Crippen molar-refractivity contribution in [2.75, 3.05) is 5.73 Å². The fraction of sp³-hybridized carbons (Fsp3) is 0.0526. The lowest BCUT2D eigenvalue weighted by molar-refractivity contribution is 0.791. The monoisotopic (exact) mass is 375 g/mol. The predicted octanol–water partition coefficient (Wildman–Crippen LogP) is 3.60. The molecule has 5 aromatic rings. The highest BCUT2D eigenvalue weighted by atomic mass is 35.5. The average molecular weight is 376 g/mol.